The molecule has 8 heteroatoms. The van der Waals surface area contributed by atoms with Crippen molar-refractivity contribution in [2.75, 3.05) is 12.1 Å². The van der Waals surface area contributed by atoms with Crippen molar-refractivity contribution in [3.63, 3.8) is 0 Å². The van der Waals surface area contributed by atoms with Crippen LogP contribution < -0.4 is 14.8 Å². The van der Waals surface area contributed by atoms with E-state index in [0.717, 1.165) is 10.0 Å². The number of hydrogen-bond donors (Lipinski definition) is 1. The Bertz CT molecular complexity index is 708. The second-order valence-electron chi connectivity index (χ2n) is 4.34. The Labute approximate surface area is 128 Å². The van der Waals surface area contributed by atoms with Gasteiger partial charge in [-0.15, -0.1) is 0 Å². The van der Waals surface area contributed by atoms with Gasteiger partial charge in [-0.1, -0.05) is 0 Å². The topological polar surface area (TPSA) is 86.5 Å². The van der Waals surface area contributed by atoms with Gasteiger partial charge in [0.15, 0.2) is 11.5 Å². The molecule has 1 aromatic carbocycles. The number of ether oxygens (including phenoxy) is 2. The number of nitro benzene ring substituents is 1. The van der Waals surface area contributed by atoms with Gasteiger partial charge in [-0.3, -0.25) is 15.1 Å². The minimum atomic E-state index is -0.455. The number of anilines is 1. The molecule has 0 radical (unpaired) electrons. The summed E-state index contributed by atoms with van der Waals surface area (Å²) in [6, 6.07) is 4.83. The van der Waals surface area contributed by atoms with Gasteiger partial charge in [0.1, 0.15) is 5.69 Å². The lowest BCUT2D eigenvalue weighted by Crippen LogP contribution is -2.03. The first-order chi connectivity index (χ1) is 10.1. The lowest BCUT2D eigenvalue weighted by Gasteiger charge is -2.08. The van der Waals surface area contributed by atoms with Crippen LogP contribution in [0.4, 0.5) is 11.4 Å². The van der Waals surface area contributed by atoms with E-state index in [4.69, 9.17) is 9.47 Å². The number of pyridine rings is 1. The van der Waals surface area contributed by atoms with E-state index in [2.05, 4.69) is 26.2 Å². The number of nitrogens with zero attached hydrogens (tertiary/aromatic N) is 2. The van der Waals surface area contributed by atoms with Crippen LogP contribution in [0, 0.1) is 10.1 Å². The predicted octanol–water partition coefficient (Wildman–Crippen LogP) is 3.09. The average molecular weight is 352 g/mol. The fourth-order valence-corrected chi connectivity index (χ4v) is 2.39. The average Bonchev–Trinajstić information content (AvgIpc) is 2.91. The monoisotopic (exact) mass is 351 g/mol. The van der Waals surface area contributed by atoms with Gasteiger partial charge in [-0.2, -0.15) is 0 Å². The van der Waals surface area contributed by atoms with Gasteiger partial charge in [-0.25, -0.2) is 0 Å². The van der Waals surface area contributed by atoms with Crippen LogP contribution in [-0.2, 0) is 6.54 Å². The first-order valence-corrected chi connectivity index (χ1v) is 6.84. The summed E-state index contributed by atoms with van der Waals surface area (Å²) < 4.78 is 11.2. The number of halogens is 1. The second-order valence-corrected chi connectivity index (χ2v) is 5.26. The molecule has 0 fully saturated rings. The smallest absolute Gasteiger partial charge is 0.296 e. The van der Waals surface area contributed by atoms with Gasteiger partial charge in [-0.05, 0) is 27.6 Å². The van der Waals surface area contributed by atoms with Crippen molar-refractivity contribution in [1.29, 1.82) is 0 Å². The number of nitrogens with one attached hydrogen (secondary N) is 1. The molecule has 0 bridgehead atoms. The minimum absolute atomic E-state index is 0.0535. The molecule has 7 nitrogen and oxygen atoms in total. The van der Waals surface area contributed by atoms with Crippen molar-refractivity contribution in [1.82, 2.24) is 4.98 Å². The van der Waals surface area contributed by atoms with Crippen LogP contribution in [0.15, 0.2) is 35.1 Å². The van der Waals surface area contributed by atoms with Crippen molar-refractivity contribution in [3.05, 3.63) is 50.7 Å². The SMILES string of the molecule is O=[N+]([O-])c1cc2c(cc1NCc1cncc(Br)c1)OCO2. The first kappa shape index (κ1) is 13.6. The molecular weight excluding hydrogens is 342 g/mol. The zero-order chi connectivity index (χ0) is 14.8. The molecule has 108 valence electrons. The lowest BCUT2D eigenvalue weighted by molar-refractivity contribution is -0.384. The molecule has 0 amide bonds. The Morgan fingerprint density at radius 3 is 2.76 bits per heavy atom. The van der Waals surface area contributed by atoms with Crippen LogP contribution >= 0.6 is 15.9 Å². The summed E-state index contributed by atoms with van der Waals surface area (Å²) in [6.45, 7) is 0.485. The Morgan fingerprint density at radius 1 is 1.29 bits per heavy atom. The van der Waals surface area contributed by atoms with Gasteiger partial charge < -0.3 is 14.8 Å². The first-order valence-electron chi connectivity index (χ1n) is 6.05. The summed E-state index contributed by atoms with van der Waals surface area (Å²) in [5.74, 6) is 0.881. The lowest BCUT2D eigenvalue weighted by atomic mass is 10.2. The highest BCUT2D eigenvalue weighted by atomic mass is 79.9. The summed E-state index contributed by atoms with van der Waals surface area (Å²) in [5, 5.41) is 14.2. The van der Waals surface area contributed by atoms with E-state index in [1.807, 2.05) is 6.07 Å². The maximum Gasteiger partial charge on any atom is 0.296 e. The highest BCUT2D eigenvalue weighted by Crippen LogP contribution is 2.40. The van der Waals surface area contributed by atoms with Crippen molar-refractivity contribution < 1.29 is 14.4 Å². The number of aromatic nitrogens is 1. The Kier molecular flexibility index (Phi) is 3.61. The summed E-state index contributed by atoms with van der Waals surface area (Å²) in [7, 11) is 0. The predicted molar refractivity (Wildman–Crippen MR) is 78.5 cm³/mol. The third-order valence-corrected chi connectivity index (χ3v) is 3.37. The van der Waals surface area contributed by atoms with Gasteiger partial charge in [0.2, 0.25) is 6.79 Å². The molecule has 2 heterocycles. The molecule has 0 aliphatic carbocycles. The minimum Gasteiger partial charge on any atom is -0.454 e. The number of nitro groups is 1. The molecule has 1 aliphatic heterocycles. The van der Waals surface area contributed by atoms with E-state index in [-0.39, 0.29) is 12.5 Å². The molecule has 0 saturated heterocycles. The summed E-state index contributed by atoms with van der Waals surface area (Å²) >= 11 is 3.33. The van der Waals surface area contributed by atoms with Gasteiger partial charge in [0.05, 0.1) is 11.0 Å². The van der Waals surface area contributed by atoms with E-state index in [9.17, 15) is 10.1 Å². The number of fused-ring (bicyclic) bond motifs is 1. The van der Waals surface area contributed by atoms with Crippen molar-refractivity contribution in [2.24, 2.45) is 0 Å². The summed E-state index contributed by atoms with van der Waals surface area (Å²) in [4.78, 5) is 14.7. The molecule has 0 atom stereocenters. The Balaban J connectivity index is 1.86. The number of hydrogen-bond acceptors (Lipinski definition) is 6. The van der Waals surface area contributed by atoms with Crippen molar-refractivity contribution in [3.8, 4) is 11.5 Å². The van der Waals surface area contributed by atoms with E-state index >= 15 is 0 Å². The molecule has 1 N–H and O–H groups in total. The normalized spacial score (nSPS) is 12.2. The molecular formula is C13H10BrN3O4. The highest BCUT2D eigenvalue weighted by molar-refractivity contribution is 9.10. The third-order valence-electron chi connectivity index (χ3n) is 2.93. The molecule has 0 saturated carbocycles. The fraction of sp³-hybridized carbons (Fsp3) is 0.154. The largest absolute Gasteiger partial charge is 0.454 e. The quantitative estimate of drug-likeness (QED) is 0.672. The molecule has 2 aromatic rings. The van der Waals surface area contributed by atoms with Crippen LogP contribution in [0.25, 0.3) is 0 Å². The zero-order valence-electron chi connectivity index (χ0n) is 10.7. The van der Waals surface area contributed by atoms with Gasteiger partial charge >= 0.3 is 0 Å². The van der Waals surface area contributed by atoms with Gasteiger partial charge in [0, 0.05) is 29.5 Å². The van der Waals surface area contributed by atoms with Crippen molar-refractivity contribution >= 4 is 27.3 Å². The summed E-state index contributed by atoms with van der Waals surface area (Å²) in [5.41, 5.74) is 1.22. The van der Waals surface area contributed by atoms with E-state index in [0.29, 0.717) is 23.7 Å². The van der Waals surface area contributed by atoms with E-state index in [1.165, 1.54) is 6.07 Å². The third kappa shape index (κ3) is 2.89. The van der Waals surface area contributed by atoms with Crippen LogP contribution in [0.1, 0.15) is 5.56 Å². The molecule has 1 aromatic heterocycles. The fourth-order valence-electron chi connectivity index (χ4n) is 1.97. The number of rotatable bonds is 4. The number of benzene rings is 1. The maximum absolute atomic E-state index is 11.1. The molecule has 1 aliphatic rings. The van der Waals surface area contributed by atoms with Gasteiger partial charge in [0.25, 0.3) is 5.69 Å². The van der Waals surface area contributed by atoms with Crippen LogP contribution in [0.2, 0.25) is 0 Å². The highest BCUT2D eigenvalue weighted by Gasteiger charge is 2.23. The molecule has 3 rings (SSSR count). The van der Waals surface area contributed by atoms with Crippen LogP contribution in [-0.4, -0.2) is 16.7 Å². The molecule has 0 spiro atoms. The zero-order valence-corrected chi connectivity index (χ0v) is 12.3. The Hall–Kier alpha value is -2.35. The standard InChI is InChI=1S/C13H10BrN3O4/c14-9-1-8(4-15-6-9)5-16-10-2-12-13(21-7-20-12)3-11(10)17(18)19/h1-4,6,16H,5,7H2. The van der Waals surface area contributed by atoms with E-state index < -0.39 is 4.92 Å². The Morgan fingerprint density at radius 2 is 2.05 bits per heavy atom. The van der Waals surface area contributed by atoms with Crippen molar-refractivity contribution in [2.45, 2.75) is 6.54 Å². The molecule has 21 heavy (non-hydrogen) atoms. The van der Waals surface area contributed by atoms with Crippen LogP contribution in [0.5, 0.6) is 11.5 Å². The van der Waals surface area contributed by atoms with E-state index in [1.54, 1.807) is 18.5 Å². The van der Waals surface area contributed by atoms with Crippen LogP contribution in [0.3, 0.4) is 0 Å². The second kappa shape index (κ2) is 5.57. The maximum atomic E-state index is 11.1. The molecule has 0 unspecified atom stereocenters. The summed E-state index contributed by atoms with van der Waals surface area (Å²) in [6.07, 6.45) is 3.36.